The maximum Gasteiger partial charge on any atom is 0.286 e. The van der Waals surface area contributed by atoms with Crippen LogP contribution in [0.15, 0.2) is 12.1 Å². The Hall–Kier alpha value is -2.39. The highest BCUT2D eigenvalue weighted by Gasteiger charge is 2.30. The van der Waals surface area contributed by atoms with Gasteiger partial charge in [0.2, 0.25) is 0 Å². The first-order chi connectivity index (χ1) is 13.5. The molecule has 0 saturated carbocycles. The number of nitro groups is 1. The van der Waals surface area contributed by atoms with Crippen molar-refractivity contribution in [1.29, 1.82) is 0 Å². The molecule has 1 aliphatic rings. The molecule has 1 heterocycles. The normalized spacial score (nSPS) is 14.8. The van der Waals surface area contributed by atoms with E-state index in [4.69, 9.17) is 14.2 Å². The van der Waals surface area contributed by atoms with E-state index in [1.165, 1.54) is 26.4 Å². The van der Waals surface area contributed by atoms with Crippen molar-refractivity contribution in [1.82, 2.24) is 10.2 Å². The number of ether oxygens (including phenoxy) is 3. The molecule has 1 amide bonds. The molecule has 28 heavy (non-hydrogen) atoms. The van der Waals surface area contributed by atoms with Gasteiger partial charge < -0.3 is 24.4 Å². The predicted molar refractivity (Wildman–Crippen MR) is 104 cm³/mol. The molecule has 0 unspecified atom stereocenters. The molecule has 9 heteroatoms. The SMILES string of the molecule is CNCCC1CCN(C(=O)c2cc(OC)c(OCCOC)cc2[N+](=O)[O-])CC1. The second-order valence-corrected chi connectivity index (χ2v) is 6.75. The number of nitro benzene ring substituents is 1. The van der Waals surface area contributed by atoms with Crippen LogP contribution in [0.5, 0.6) is 11.5 Å². The number of rotatable bonds is 10. The van der Waals surface area contributed by atoms with E-state index < -0.39 is 4.92 Å². The fraction of sp³-hybridized carbons (Fsp3) is 0.632. The van der Waals surface area contributed by atoms with Gasteiger partial charge in [0.1, 0.15) is 12.2 Å². The summed E-state index contributed by atoms with van der Waals surface area (Å²) in [5.74, 6) is 0.723. The van der Waals surface area contributed by atoms with Gasteiger partial charge in [-0.15, -0.1) is 0 Å². The molecule has 1 saturated heterocycles. The molecule has 0 spiro atoms. The smallest absolute Gasteiger partial charge is 0.286 e. The highest BCUT2D eigenvalue weighted by atomic mass is 16.6. The number of nitrogens with zero attached hydrogens (tertiary/aromatic N) is 2. The molecular weight excluding hydrogens is 366 g/mol. The Labute approximate surface area is 165 Å². The molecule has 1 aliphatic heterocycles. The van der Waals surface area contributed by atoms with E-state index in [1.54, 1.807) is 4.90 Å². The molecule has 0 aliphatic carbocycles. The number of piperidine rings is 1. The Morgan fingerprint density at radius 3 is 2.54 bits per heavy atom. The van der Waals surface area contributed by atoms with Gasteiger partial charge in [0.25, 0.3) is 11.6 Å². The highest BCUT2D eigenvalue weighted by Crippen LogP contribution is 2.36. The maximum atomic E-state index is 13.0. The monoisotopic (exact) mass is 395 g/mol. The van der Waals surface area contributed by atoms with E-state index in [-0.39, 0.29) is 35.3 Å². The molecule has 2 rings (SSSR count). The molecule has 156 valence electrons. The number of carbonyl (C=O) groups excluding carboxylic acids is 1. The lowest BCUT2D eigenvalue weighted by Gasteiger charge is -2.32. The zero-order chi connectivity index (χ0) is 20.5. The summed E-state index contributed by atoms with van der Waals surface area (Å²) in [6.45, 7) is 2.70. The summed E-state index contributed by atoms with van der Waals surface area (Å²) in [6, 6.07) is 2.65. The number of amides is 1. The Morgan fingerprint density at radius 2 is 1.96 bits per heavy atom. The van der Waals surface area contributed by atoms with E-state index in [9.17, 15) is 14.9 Å². The van der Waals surface area contributed by atoms with E-state index in [0.29, 0.717) is 25.6 Å². The summed E-state index contributed by atoms with van der Waals surface area (Å²) < 4.78 is 15.7. The first-order valence-corrected chi connectivity index (χ1v) is 9.43. The number of hydrogen-bond donors (Lipinski definition) is 1. The standard InChI is InChI=1S/C19H29N3O6/c1-20-7-4-14-5-8-21(9-6-14)19(23)15-12-17(27-3)18(28-11-10-26-2)13-16(15)22(24)25/h12-14,20H,4-11H2,1-3H3. The van der Waals surface area contributed by atoms with E-state index in [1.807, 2.05) is 7.05 Å². The van der Waals surface area contributed by atoms with E-state index in [0.717, 1.165) is 25.8 Å². The zero-order valence-corrected chi connectivity index (χ0v) is 16.7. The van der Waals surface area contributed by atoms with Crippen LogP contribution in [0.2, 0.25) is 0 Å². The van der Waals surface area contributed by atoms with Crippen LogP contribution < -0.4 is 14.8 Å². The van der Waals surface area contributed by atoms with Crippen LogP contribution >= 0.6 is 0 Å². The molecule has 1 N–H and O–H groups in total. The number of benzene rings is 1. The molecule has 0 atom stereocenters. The molecule has 1 aromatic rings. The van der Waals surface area contributed by atoms with Gasteiger partial charge in [-0.2, -0.15) is 0 Å². The predicted octanol–water partition coefficient (Wildman–Crippen LogP) is 2.09. The summed E-state index contributed by atoms with van der Waals surface area (Å²) >= 11 is 0. The van der Waals surface area contributed by atoms with Crippen molar-refractivity contribution in [2.45, 2.75) is 19.3 Å². The van der Waals surface area contributed by atoms with Crippen molar-refractivity contribution in [3.8, 4) is 11.5 Å². The van der Waals surface area contributed by atoms with Crippen molar-refractivity contribution in [2.24, 2.45) is 5.92 Å². The first-order valence-electron chi connectivity index (χ1n) is 9.43. The van der Waals surface area contributed by atoms with Crippen molar-refractivity contribution < 1.29 is 23.9 Å². The minimum Gasteiger partial charge on any atom is -0.493 e. The van der Waals surface area contributed by atoms with Crippen LogP contribution in [0, 0.1) is 16.0 Å². The summed E-state index contributed by atoms with van der Waals surface area (Å²) in [7, 11) is 4.90. The van der Waals surface area contributed by atoms with Crippen LogP contribution in [0.3, 0.4) is 0 Å². The number of hydrogen-bond acceptors (Lipinski definition) is 7. The molecule has 1 aromatic carbocycles. The van der Waals surface area contributed by atoms with Crippen molar-refractivity contribution in [3.05, 3.63) is 27.8 Å². The third-order valence-corrected chi connectivity index (χ3v) is 4.96. The lowest BCUT2D eigenvalue weighted by molar-refractivity contribution is -0.385. The average Bonchev–Trinajstić information content (AvgIpc) is 2.71. The van der Waals surface area contributed by atoms with E-state index >= 15 is 0 Å². The largest absolute Gasteiger partial charge is 0.493 e. The molecular formula is C19H29N3O6. The summed E-state index contributed by atoms with van der Waals surface area (Å²) in [6.07, 6.45) is 2.87. The molecule has 0 radical (unpaired) electrons. The van der Waals surface area contributed by atoms with Crippen LogP contribution in [0.1, 0.15) is 29.6 Å². The van der Waals surface area contributed by atoms with Gasteiger partial charge in [-0.05, 0) is 38.8 Å². The Morgan fingerprint density at radius 1 is 1.25 bits per heavy atom. The van der Waals surface area contributed by atoms with Crippen molar-refractivity contribution >= 4 is 11.6 Å². The van der Waals surface area contributed by atoms with Gasteiger partial charge in [-0.3, -0.25) is 14.9 Å². The number of likely N-dealkylation sites (tertiary alicyclic amines) is 1. The zero-order valence-electron chi connectivity index (χ0n) is 16.7. The summed E-state index contributed by atoms with van der Waals surface area (Å²) in [5, 5.41) is 14.7. The first kappa shape index (κ1) is 21.9. The van der Waals surface area contributed by atoms with Gasteiger partial charge in [-0.25, -0.2) is 0 Å². The Balaban J connectivity index is 2.19. The van der Waals surface area contributed by atoms with Crippen molar-refractivity contribution in [2.75, 3.05) is 54.1 Å². The minimum atomic E-state index is -0.560. The number of methoxy groups -OCH3 is 2. The topological polar surface area (TPSA) is 103 Å². The van der Waals surface area contributed by atoms with Gasteiger partial charge >= 0.3 is 0 Å². The van der Waals surface area contributed by atoms with Crippen LogP contribution in [0.25, 0.3) is 0 Å². The third kappa shape index (κ3) is 5.56. The minimum absolute atomic E-state index is 0.0228. The fourth-order valence-corrected chi connectivity index (χ4v) is 3.32. The van der Waals surface area contributed by atoms with Crippen LogP contribution in [0.4, 0.5) is 5.69 Å². The van der Waals surface area contributed by atoms with E-state index in [2.05, 4.69) is 5.32 Å². The second-order valence-electron chi connectivity index (χ2n) is 6.75. The van der Waals surface area contributed by atoms with Gasteiger partial charge in [0, 0.05) is 26.3 Å². The Kier molecular flexibility index (Phi) is 8.46. The lowest BCUT2D eigenvalue weighted by Crippen LogP contribution is -2.39. The molecule has 0 aromatic heterocycles. The Bertz CT molecular complexity index is 674. The van der Waals surface area contributed by atoms with Gasteiger partial charge in [0.15, 0.2) is 11.5 Å². The van der Waals surface area contributed by atoms with Crippen LogP contribution in [-0.2, 0) is 4.74 Å². The van der Waals surface area contributed by atoms with Gasteiger partial charge in [-0.1, -0.05) is 0 Å². The number of carbonyl (C=O) groups is 1. The molecule has 1 fully saturated rings. The van der Waals surface area contributed by atoms with Crippen molar-refractivity contribution in [3.63, 3.8) is 0 Å². The molecule has 9 nitrogen and oxygen atoms in total. The summed E-state index contributed by atoms with van der Waals surface area (Å²) in [5.41, 5.74) is -0.259. The summed E-state index contributed by atoms with van der Waals surface area (Å²) in [4.78, 5) is 25.7. The maximum absolute atomic E-state index is 13.0. The highest BCUT2D eigenvalue weighted by molar-refractivity contribution is 5.99. The third-order valence-electron chi connectivity index (χ3n) is 4.96. The fourth-order valence-electron chi connectivity index (χ4n) is 3.32. The average molecular weight is 395 g/mol. The quantitative estimate of drug-likeness (QED) is 0.367. The second kappa shape index (κ2) is 10.8. The van der Waals surface area contributed by atoms with Gasteiger partial charge in [0.05, 0.1) is 24.7 Å². The molecule has 0 bridgehead atoms. The number of nitrogens with one attached hydrogen (secondary N) is 1. The lowest BCUT2D eigenvalue weighted by atomic mass is 9.93. The van der Waals surface area contributed by atoms with Crippen LogP contribution in [-0.4, -0.2) is 69.8 Å².